The van der Waals surface area contributed by atoms with Gasteiger partial charge in [0.15, 0.2) is 0 Å². The fourth-order valence-electron chi connectivity index (χ4n) is 2.53. The Morgan fingerprint density at radius 2 is 1.52 bits per heavy atom. The Hall–Kier alpha value is -2.04. The third kappa shape index (κ3) is 6.40. The monoisotopic (exact) mass is 359 g/mol. The van der Waals surface area contributed by atoms with E-state index in [0.29, 0.717) is 18.1 Å². The molecule has 2 amide bonds. The lowest BCUT2D eigenvalue weighted by Crippen LogP contribution is -2.34. The van der Waals surface area contributed by atoms with Gasteiger partial charge in [0.25, 0.3) is 0 Å². The van der Waals surface area contributed by atoms with Crippen molar-refractivity contribution in [2.24, 2.45) is 0 Å². The maximum Gasteiger partial charge on any atom is 0.315 e. The second-order valence-corrected chi connectivity index (χ2v) is 6.31. The highest BCUT2D eigenvalue weighted by molar-refractivity contribution is 6.31. The van der Waals surface area contributed by atoms with Gasteiger partial charge in [-0.2, -0.15) is 0 Å². The second-order valence-electron chi connectivity index (χ2n) is 5.91. The molecule has 2 aromatic rings. The van der Waals surface area contributed by atoms with Crippen molar-refractivity contribution in [2.75, 3.05) is 13.1 Å². The Bertz CT molecular complexity index is 669. The Labute approximate surface area is 155 Å². The van der Waals surface area contributed by atoms with Gasteiger partial charge in [-0.1, -0.05) is 67.9 Å². The Balaban J connectivity index is 1.77. The molecule has 0 unspecified atom stereocenters. The van der Waals surface area contributed by atoms with Crippen molar-refractivity contribution in [3.05, 3.63) is 70.2 Å². The van der Waals surface area contributed by atoms with Crippen LogP contribution < -0.4 is 10.6 Å². The van der Waals surface area contributed by atoms with Crippen molar-refractivity contribution in [1.29, 1.82) is 0 Å². The van der Waals surface area contributed by atoms with Crippen molar-refractivity contribution in [3.8, 4) is 0 Å². The lowest BCUT2D eigenvalue weighted by molar-refractivity contribution is 0.240. The number of nitrogens with zero attached hydrogens (tertiary/aromatic N) is 1. The van der Waals surface area contributed by atoms with Crippen LogP contribution in [0.25, 0.3) is 0 Å². The standard InChI is InChI=1S/C20H26ClN3O/c1-3-24(4-2)15-17-11-9-16(10-12-17)13-22-20(25)23-14-18-7-5-6-8-19(18)21/h5-12H,3-4,13-15H2,1-2H3,(H2,22,23,25). The minimum absolute atomic E-state index is 0.202. The fourth-order valence-corrected chi connectivity index (χ4v) is 2.73. The van der Waals surface area contributed by atoms with E-state index in [1.54, 1.807) is 0 Å². The average molecular weight is 360 g/mol. The third-order valence-electron chi connectivity index (χ3n) is 4.17. The highest BCUT2D eigenvalue weighted by atomic mass is 35.5. The van der Waals surface area contributed by atoms with Crippen LogP contribution in [0.1, 0.15) is 30.5 Å². The van der Waals surface area contributed by atoms with E-state index >= 15 is 0 Å². The maximum atomic E-state index is 11.9. The van der Waals surface area contributed by atoms with Gasteiger partial charge in [-0.15, -0.1) is 0 Å². The van der Waals surface area contributed by atoms with Gasteiger partial charge in [-0.25, -0.2) is 4.79 Å². The van der Waals surface area contributed by atoms with Crippen LogP contribution in [-0.2, 0) is 19.6 Å². The van der Waals surface area contributed by atoms with Crippen LogP contribution in [0, 0.1) is 0 Å². The summed E-state index contributed by atoms with van der Waals surface area (Å²) in [7, 11) is 0. The van der Waals surface area contributed by atoms with E-state index in [1.165, 1.54) is 5.56 Å². The molecular formula is C20H26ClN3O. The lowest BCUT2D eigenvalue weighted by atomic mass is 10.1. The number of urea groups is 1. The van der Waals surface area contributed by atoms with Gasteiger partial charge in [0.05, 0.1) is 0 Å². The first-order chi connectivity index (χ1) is 12.1. The molecule has 0 saturated heterocycles. The van der Waals surface area contributed by atoms with E-state index in [1.807, 2.05) is 24.3 Å². The van der Waals surface area contributed by atoms with Gasteiger partial charge in [0, 0.05) is 24.7 Å². The topological polar surface area (TPSA) is 44.4 Å². The molecule has 0 radical (unpaired) electrons. The Morgan fingerprint density at radius 3 is 2.16 bits per heavy atom. The van der Waals surface area contributed by atoms with Crippen molar-refractivity contribution in [3.63, 3.8) is 0 Å². The van der Waals surface area contributed by atoms with E-state index in [-0.39, 0.29) is 6.03 Å². The molecule has 0 bridgehead atoms. The summed E-state index contributed by atoms with van der Waals surface area (Å²) in [5, 5.41) is 6.35. The third-order valence-corrected chi connectivity index (χ3v) is 4.54. The van der Waals surface area contributed by atoms with Crippen LogP contribution in [0.2, 0.25) is 5.02 Å². The normalized spacial score (nSPS) is 10.7. The molecule has 0 aromatic heterocycles. The Morgan fingerprint density at radius 1 is 0.920 bits per heavy atom. The molecule has 25 heavy (non-hydrogen) atoms. The average Bonchev–Trinajstić information content (AvgIpc) is 2.64. The summed E-state index contributed by atoms with van der Waals surface area (Å²) in [5.41, 5.74) is 3.27. The summed E-state index contributed by atoms with van der Waals surface area (Å²) >= 11 is 6.08. The number of halogens is 1. The van der Waals surface area contributed by atoms with E-state index in [9.17, 15) is 4.79 Å². The van der Waals surface area contributed by atoms with Gasteiger partial charge in [0.2, 0.25) is 0 Å². The van der Waals surface area contributed by atoms with Crippen LogP contribution >= 0.6 is 11.6 Å². The summed E-state index contributed by atoms with van der Waals surface area (Å²) in [4.78, 5) is 14.3. The number of nitrogens with one attached hydrogen (secondary N) is 2. The number of carbonyl (C=O) groups excluding carboxylic acids is 1. The fraction of sp³-hybridized carbons (Fsp3) is 0.350. The molecule has 0 aliphatic heterocycles. The van der Waals surface area contributed by atoms with Gasteiger partial charge < -0.3 is 10.6 Å². The highest BCUT2D eigenvalue weighted by Crippen LogP contribution is 2.14. The lowest BCUT2D eigenvalue weighted by Gasteiger charge is -2.18. The zero-order valence-electron chi connectivity index (χ0n) is 14.9. The van der Waals surface area contributed by atoms with Gasteiger partial charge in [0.1, 0.15) is 0 Å². The number of hydrogen-bond donors (Lipinski definition) is 2. The molecule has 0 atom stereocenters. The van der Waals surface area contributed by atoms with E-state index in [4.69, 9.17) is 11.6 Å². The smallest absolute Gasteiger partial charge is 0.315 e. The van der Waals surface area contributed by atoms with Gasteiger partial charge in [-0.3, -0.25) is 4.90 Å². The molecule has 0 aliphatic carbocycles. The molecule has 0 fully saturated rings. The van der Waals surface area contributed by atoms with Crippen molar-refractivity contribution >= 4 is 17.6 Å². The van der Waals surface area contributed by atoms with Crippen LogP contribution in [0.3, 0.4) is 0 Å². The zero-order valence-corrected chi connectivity index (χ0v) is 15.6. The largest absolute Gasteiger partial charge is 0.334 e. The molecule has 0 heterocycles. The predicted octanol–water partition coefficient (Wildman–Crippen LogP) is 4.18. The maximum absolute atomic E-state index is 11.9. The minimum atomic E-state index is -0.202. The highest BCUT2D eigenvalue weighted by Gasteiger charge is 2.04. The molecule has 0 saturated carbocycles. The minimum Gasteiger partial charge on any atom is -0.334 e. The summed E-state index contributed by atoms with van der Waals surface area (Å²) in [6.07, 6.45) is 0. The predicted molar refractivity (Wildman–Crippen MR) is 104 cm³/mol. The first kappa shape index (κ1) is 19.3. The number of benzene rings is 2. The summed E-state index contributed by atoms with van der Waals surface area (Å²) in [6.45, 7) is 8.30. The number of hydrogen-bond acceptors (Lipinski definition) is 2. The first-order valence-corrected chi connectivity index (χ1v) is 9.05. The van der Waals surface area contributed by atoms with E-state index < -0.39 is 0 Å². The first-order valence-electron chi connectivity index (χ1n) is 8.67. The number of rotatable bonds is 8. The Kier molecular flexibility index (Phi) is 7.76. The van der Waals surface area contributed by atoms with Crippen LogP contribution in [0.5, 0.6) is 0 Å². The van der Waals surface area contributed by atoms with Gasteiger partial charge in [-0.05, 0) is 35.8 Å². The molecule has 4 nitrogen and oxygen atoms in total. The summed E-state index contributed by atoms with van der Waals surface area (Å²) in [5.74, 6) is 0. The molecule has 0 spiro atoms. The van der Waals surface area contributed by atoms with Crippen LogP contribution in [0.15, 0.2) is 48.5 Å². The van der Waals surface area contributed by atoms with E-state index in [0.717, 1.165) is 30.8 Å². The molecule has 2 aromatic carbocycles. The molecular weight excluding hydrogens is 334 g/mol. The van der Waals surface area contributed by atoms with E-state index in [2.05, 4.69) is 53.6 Å². The van der Waals surface area contributed by atoms with Crippen LogP contribution in [0.4, 0.5) is 4.79 Å². The number of amides is 2. The zero-order chi connectivity index (χ0) is 18.1. The van der Waals surface area contributed by atoms with Crippen molar-refractivity contribution in [1.82, 2.24) is 15.5 Å². The molecule has 2 rings (SSSR count). The summed E-state index contributed by atoms with van der Waals surface area (Å²) < 4.78 is 0. The van der Waals surface area contributed by atoms with Gasteiger partial charge >= 0.3 is 6.03 Å². The van der Waals surface area contributed by atoms with Crippen LogP contribution in [-0.4, -0.2) is 24.0 Å². The molecule has 134 valence electrons. The molecule has 5 heteroatoms. The second kappa shape index (κ2) is 10.1. The summed E-state index contributed by atoms with van der Waals surface area (Å²) in [6, 6.07) is 15.7. The quantitative estimate of drug-likeness (QED) is 0.742. The SMILES string of the molecule is CCN(CC)Cc1ccc(CNC(=O)NCc2ccccc2Cl)cc1. The van der Waals surface area contributed by atoms with Crippen molar-refractivity contribution < 1.29 is 4.79 Å². The van der Waals surface area contributed by atoms with Crippen molar-refractivity contribution in [2.45, 2.75) is 33.5 Å². The molecule has 0 aliphatic rings. The molecule has 2 N–H and O–H groups in total. The number of carbonyl (C=O) groups is 1.